The van der Waals surface area contributed by atoms with Gasteiger partial charge in [0.25, 0.3) is 0 Å². The first kappa shape index (κ1) is 27.5. The average molecular weight is 626 g/mol. The van der Waals surface area contributed by atoms with Crippen molar-refractivity contribution in [1.29, 1.82) is 0 Å². The molecule has 0 amide bonds. The average Bonchev–Trinajstić information content (AvgIpc) is 3.56. The molecule has 0 atom stereocenters. The molecule has 0 saturated carbocycles. The fraction of sp³-hybridized carbons (Fsp3) is 0. The van der Waals surface area contributed by atoms with Crippen molar-refractivity contribution in [2.45, 2.75) is 0 Å². The van der Waals surface area contributed by atoms with Gasteiger partial charge in [0.2, 0.25) is 0 Å². The van der Waals surface area contributed by atoms with Gasteiger partial charge in [-0.25, -0.2) is 15.0 Å². The van der Waals surface area contributed by atoms with Crippen LogP contribution in [0.3, 0.4) is 0 Å². The lowest BCUT2D eigenvalue weighted by Crippen LogP contribution is -1.97. The monoisotopic (exact) mass is 625 g/mol. The number of fused-ring (bicyclic) bond motifs is 10. The molecular weight excluding hydrogens is 599 g/mol. The molecule has 6 bridgehead atoms. The summed E-state index contributed by atoms with van der Waals surface area (Å²) in [5.41, 5.74) is 8.28. The van der Waals surface area contributed by atoms with E-state index in [1.165, 1.54) is 0 Å². The number of benzene rings is 7. The Hall–Kier alpha value is -6.65. The number of hydrogen-bond acceptors (Lipinski definition) is 4. The molecule has 4 heteroatoms. The van der Waals surface area contributed by atoms with Crippen LogP contribution >= 0.6 is 0 Å². The Kier molecular flexibility index (Phi) is 6.15. The highest BCUT2D eigenvalue weighted by atomic mass is 16.3. The maximum Gasteiger partial charge on any atom is 0.164 e. The molecule has 0 saturated heterocycles. The molecule has 0 fully saturated rings. The normalized spacial score (nSPS) is 11.7. The second-order valence-electron chi connectivity index (χ2n) is 12.4. The number of hydrogen-bond donors (Lipinski definition) is 0. The third-order valence-corrected chi connectivity index (χ3v) is 9.51. The van der Waals surface area contributed by atoms with Crippen molar-refractivity contribution < 1.29 is 4.42 Å². The summed E-state index contributed by atoms with van der Waals surface area (Å²) in [5, 5.41) is 8.39. The molecule has 7 aromatic carbocycles. The molecule has 0 aliphatic heterocycles. The molecule has 0 radical (unpaired) electrons. The lowest BCUT2D eigenvalue weighted by atomic mass is 9.91. The smallest absolute Gasteiger partial charge is 0.164 e. The molecule has 228 valence electrons. The molecule has 3 aromatic heterocycles. The summed E-state index contributed by atoms with van der Waals surface area (Å²) in [6, 6.07) is 57.1. The highest BCUT2D eigenvalue weighted by Crippen LogP contribution is 2.39. The lowest BCUT2D eigenvalue weighted by molar-refractivity contribution is 0.669. The molecule has 0 N–H and O–H groups in total. The molecule has 3 heterocycles. The van der Waals surface area contributed by atoms with Crippen LogP contribution in [0.15, 0.2) is 168 Å². The van der Waals surface area contributed by atoms with Gasteiger partial charge in [-0.15, -0.1) is 0 Å². The first-order valence-electron chi connectivity index (χ1n) is 16.4. The third-order valence-electron chi connectivity index (χ3n) is 9.51. The van der Waals surface area contributed by atoms with Crippen molar-refractivity contribution in [2.24, 2.45) is 0 Å². The van der Waals surface area contributed by atoms with Crippen molar-refractivity contribution in [3.63, 3.8) is 0 Å². The van der Waals surface area contributed by atoms with E-state index < -0.39 is 0 Å². The highest BCUT2D eigenvalue weighted by Gasteiger charge is 2.17. The predicted molar refractivity (Wildman–Crippen MR) is 202 cm³/mol. The Morgan fingerprint density at radius 1 is 0.347 bits per heavy atom. The van der Waals surface area contributed by atoms with Gasteiger partial charge in [-0.3, -0.25) is 0 Å². The quantitative estimate of drug-likeness (QED) is 0.196. The second-order valence-corrected chi connectivity index (χ2v) is 12.4. The van der Waals surface area contributed by atoms with E-state index in [4.69, 9.17) is 19.4 Å². The van der Waals surface area contributed by atoms with Crippen molar-refractivity contribution in [2.75, 3.05) is 0 Å². The molecule has 0 unspecified atom stereocenters. The minimum Gasteiger partial charge on any atom is -0.456 e. The van der Waals surface area contributed by atoms with Gasteiger partial charge in [0.1, 0.15) is 11.2 Å². The Labute approximate surface area is 281 Å². The summed E-state index contributed by atoms with van der Waals surface area (Å²) < 4.78 is 6.42. The Morgan fingerprint density at radius 3 is 1.78 bits per heavy atom. The number of aromatic nitrogens is 3. The van der Waals surface area contributed by atoms with Gasteiger partial charge in [0.05, 0.1) is 0 Å². The maximum absolute atomic E-state index is 6.42. The molecule has 10 rings (SSSR count). The van der Waals surface area contributed by atoms with Crippen LogP contribution in [0.1, 0.15) is 0 Å². The van der Waals surface area contributed by atoms with E-state index >= 15 is 0 Å². The highest BCUT2D eigenvalue weighted by molar-refractivity contribution is 6.19. The summed E-state index contributed by atoms with van der Waals surface area (Å²) in [6.45, 7) is 0. The van der Waals surface area contributed by atoms with Crippen LogP contribution in [0.25, 0.3) is 99.2 Å². The zero-order valence-corrected chi connectivity index (χ0v) is 26.3. The van der Waals surface area contributed by atoms with E-state index in [-0.39, 0.29) is 0 Å². The lowest BCUT2D eigenvalue weighted by Gasteiger charge is -2.14. The molecule has 0 aliphatic carbocycles. The number of nitrogens with zero attached hydrogens (tertiary/aromatic N) is 3. The van der Waals surface area contributed by atoms with Crippen molar-refractivity contribution >= 4 is 65.6 Å². The van der Waals surface area contributed by atoms with Crippen molar-refractivity contribution in [1.82, 2.24) is 15.0 Å². The Bertz CT molecular complexity index is 2950. The first-order chi connectivity index (χ1) is 24.3. The molecular formula is C45H27N3O. The van der Waals surface area contributed by atoms with Crippen LogP contribution in [-0.4, -0.2) is 15.0 Å². The van der Waals surface area contributed by atoms with Gasteiger partial charge < -0.3 is 4.42 Å². The van der Waals surface area contributed by atoms with Crippen LogP contribution in [0, 0.1) is 0 Å². The van der Waals surface area contributed by atoms with Gasteiger partial charge in [-0.2, -0.15) is 0 Å². The largest absolute Gasteiger partial charge is 0.456 e. The third kappa shape index (κ3) is 4.49. The standard InChI is InChI=1S/C45H27N3O/c1-2-12-28(13-3-1)32-16-6-7-19-35(32)36-20-8-9-21-37(36)44-46-43-31-15-10-14-29(26-31)33-17-4-5-18-34(33)30-24-25-40-39(27-30)42-38(45(47-43)48-44)22-11-23-41(42)49-40/h1-27H. The SMILES string of the molecule is c1ccc(-c2ccccc2-c2ccccc2-c2nc3nc(n2)c2cccc4oc5ccc(cc5c42)c2ccccc2c2cccc3c2)cc1. The topological polar surface area (TPSA) is 51.8 Å². The van der Waals surface area contributed by atoms with Crippen LogP contribution in [0.5, 0.6) is 0 Å². The Morgan fingerprint density at radius 2 is 0.959 bits per heavy atom. The fourth-order valence-corrected chi connectivity index (χ4v) is 7.24. The second kappa shape index (κ2) is 11.0. The van der Waals surface area contributed by atoms with Crippen LogP contribution in [0.4, 0.5) is 0 Å². The zero-order chi connectivity index (χ0) is 32.3. The van der Waals surface area contributed by atoms with E-state index in [2.05, 4.69) is 146 Å². The van der Waals surface area contributed by atoms with Crippen molar-refractivity contribution in [3.8, 4) is 33.6 Å². The minimum atomic E-state index is 0.604. The van der Waals surface area contributed by atoms with Crippen molar-refractivity contribution in [3.05, 3.63) is 164 Å². The minimum absolute atomic E-state index is 0.604. The number of furan rings is 1. The van der Waals surface area contributed by atoms with E-state index in [0.29, 0.717) is 17.1 Å². The fourth-order valence-electron chi connectivity index (χ4n) is 7.24. The van der Waals surface area contributed by atoms with E-state index in [1.54, 1.807) is 0 Å². The molecule has 0 spiro atoms. The maximum atomic E-state index is 6.42. The summed E-state index contributed by atoms with van der Waals surface area (Å²) in [6.07, 6.45) is 0. The first-order valence-corrected chi connectivity index (χ1v) is 16.4. The van der Waals surface area contributed by atoms with E-state index in [0.717, 1.165) is 82.1 Å². The summed E-state index contributed by atoms with van der Waals surface area (Å²) in [7, 11) is 0. The van der Waals surface area contributed by atoms with Gasteiger partial charge in [-0.1, -0.05) is 140 Å². The van der Waals surface area contributed by atoms with Gasteiger partial charge >= 0.3 is 0 Å². The van der Waals surface area contributed by atoms with Crippen LogP contribution < -0.4 is 0 Å². The summed E-state index contributed by atoms with van der Waals surface area (Å²) >= 11 is 0. The van der Waals surface area contributed by atoms with Crippen LogP contribution in [0.2, 0.25) is 0 Å². The van der Waals surface area contributed by atoms with E-state index in [1.807, 2.05) is 18.2 Å². The molecule has 49 heavy (non-hydrogen) atoms. The molecule has 0 aliphatic rings. The van der Waals surface area contributed by atoms with Gasteiger partial charge in [0, 0.05) is 27.1 Å². The molecule has 4 nitrogen and oxygen atoms in total. The molecule has 10 aromatic rings. The van der Waals surface area contributed by atoms with Crippen LogP contribution in [-0.2, 0) is 0 Å². The summed E-state index contributed by atoms with van der Waals surface area (Å²) in [4.78, 5) is 15.7. The van der Waals surface area contributed by atoms with Gasteiger partial charge in [0.15, 0.2) is 17.1 Å². The summed E-state index contributed by atoms with van der Waals surface area (Å²) in [5.74, 6) is 0.615. The van der Waals surface area contributed by atoms with Gasteiger partial charge in [-0.05, 0) is 68.1 Å². The van der Waals surface area contributed by atoms with E-state index in [9.17, 15) is 0 Å². The Balaban J connectivity index is 1.37. The number of rotatable bonds is 3. The predicted octanol–water partition coefficient (Wildman–Crippen LogP) is 11.9. The zero-order valence-electron chi connectivity index (χ0n) is 26.3.